The minimum Gasteiger partial charge on any atom is -0.431 e. The van der Waals surface area contributed by atoms with Gasteiger partial charge in [-0.3, -0.25) is 4.79 Å². The first-order valence-corrected chi connectivity index (χ1v) is 12.0. The van der Waals surface area contributed by atoms with Crippen molar-refractivity contribution in [2.75, 3.05) is 6.54 Å². The summed E-state index contributed by atoms with van der Waals surface area (Å²) in [6.45, 7) is 3.15. The van der Waals surface area contributed by atoms with Gasteiger partial charge in [-0.1, -0.05) is 0 Å². The highest BCUT2D eigenvalue weighted by molar-refractivity contribution is 5.89. The summed E-state index contributed by atoms with van der Waals surface area (Å²) in [5, 5.41) is 0. The number of carbonyl (C=O) groups is 3. The number of rotatable bonds is 8. The number of carbonyl (C=O) groups excluding carboxylic acids is 3. The fraction of sp³-hybridized carbons (Fsp3) is 0.500. The minimum atomic E-state index is -4.94. The number of hydrogen-bond acceptors (Lipinski definition) is 8. The molecule has 2 aromatic rings. The van der Waals surface area contributed by atoms with Crippen LogP contribution in [0.5, 0.6) is 0 Å². The summed E-state index contributed by atoms with van der Waals surface area (Å²) in [4.78, 5) is 41.7. The summed E-state index contributed by atoms with van der Waals surface area (Å²) >= 11 is 0. The van der Waals surface area contributed by atoms with Gasteiger partial charge in [-0.15, -0.1) is 12.4 Å². The van der Waals surface area contributed by atoms with Crippen molar-refractivity contribution in [3.05, 3.63) is 52.4 Å². The molecule has 1 amide bonds. The number of nitrogens with two attached hydrogens (primary N) is 1. The van der Waals surface area contributed by atoms with E-state index in [1.807, 2.05) is 0 Å². The molecule has 0 bridgehead atoms. The number of benzene rings is 1. The Balaban J connectivity index is 0.00000588. The largest absolute Gasteiger partial charge is 0.511 e. The number of hydrogen-bond donors (Lipinski definition) is 1. The number of alkyl halides is 3. The van der Waals surface area contributed by atoms with Crippen LogP contribution in [0, 0.1) is 17.5 Å². The van der Waals surface area contributed by atoms with Crippen LogP contribution >= 0.6 is 12.4 Å². The third kappa shape index (κ3) is 8.48. The van der Waals surface area contributed by atoms with Crippen LogP contribution in [0.15, 0.2) is 12.1 Å². The van der Waals surface area contributed by atoms with Crippen LogP contribution in [0.3, 0.4) is 0 Å². The van der Waals surface area contributed by atoms with Crippen LogP contribution in [0.4, 0.5) is 31.1 Å². The summed E-state index contributed by atoms with van der Waals surface area (Å²) in [5.74, 6) is -7.12. The number of esters is 1. The molecular weight excluding hydrogens is 590 g/mol. The quantitative estimate of drug-likeness (QED) is 0.203. The van der Waals surface area contributed by atoms with Crippen LogP contribution < -0.4 is 5.73 Å². The van der Waals surface area contributed by atoms with E-state index in [2.05, 4.69) is 4.98 Å². The highest BCUT2D eigenvalue weighted by Gasteiger charge is 2.42. The van der Waals surface area contributed by atoms with Crippen molar-refractivity contribution in [1.82, 2.24) is 14.5 Å². The van der Waals surface area contributed by atoms with E-state index in [0.29, 0.717) is 12.1 Å². The summed E-state index contributed by atoms with van der Waals surface area (Å²) in [6.07, 6.45) is -8.94. The maximum Gasteiger partial charge on any atom is 0.511 e. The molecule has 0 aliphatic carbocycles. The number of fused-ring (bicyclic) bond motifs is 1. The maximum absolute atomic E-state index is 13.9. The summed E-state index contributed by atoms with van der Waals surface area (Å²) in [5.41, 5.74) is 4.62. The van der Waals surface area contributed by atoms with Gasteiger partial charge in [0.2, 0.25) is 18.0 Å². The molecule has 1 aliphatic heterocycles. The van der Waals surface area contributed by atoms with E-state index in [4.69, 9.17) is 19.9 Å². The average molecular weight is 617 g/mol. The van der Waals surface area contributed by atoms with Gasteiger partial charge >= 0.3 is 18.3 Å². The predicted molar refractivity (Wildman–Crippen MR) is 130 cm³/mol. The second-order valence-corrected chi connectivity index (χ2v) is 9.23. The van der Waals surface area contributed by atoms with E-state index in [1.165, 1.54) is 13.8 Å². The van der Waals surface area contributed by atoms with Crippen molar-refractivity contribution in [2.45, 2.75) is 71.3 Å². The molecule has 0 saturated heterocycles. The van der Waals surface area contributed by atoms with Gasteiger partial charge in [-0.25, -0.2) is 27.7 Å². The van der Waals surface area contributed by atoms with Crippen LogP contribution in [0.25, 0.3) is 0 Å². The first-order chi connectivity index (χ1) is 18.6. The second-order valence-electron chi connectivity index (χ2n) is 9.23. The normalized spacial score (nSPS) is 14.6. The standard InChI is InChI=1S/C24H26F6N4O6.ClH/c1-11(2)38-23(37)40-12(3)39-21(36)20-18-10-33(4-5-34(18)22(32-20)24(28,29)30)19(35)8-14(31)6-13-7-16(26)17(27)9-15(13)25;/h7,9,11-12,14H,4-6,8,10,31H2,1-3H3;1H/t12?,14-;/m1./s1. The molecule has 10 nitrogen and oxygen atoms in total. The molecule has 1 aromatic carbocycles. The molecule has 0 spiro atoms. The summed E-state index contributed by atoms with van der Waals surface area (Å²) < 4.78 is 96.6. The lowest BCUT2D eigenvalue weighted by atomic mass is 10.0. The first kappa shape index (κ1) is 33.7. The molecule has 1 unspecified atom stereocenters. The van der Waals surface area contributed by atoms with Crippen LogP contribution in [-0.2, 0) is 44.7 Å². The number of halogens is 7. The number of nitrogens with zero attached hydrogens (tertiary/aromatic N) is 3. The van der Waals surface area contributed by atoms with Crippen molar-refractivity contribution >= 4 is 30.4 Å². The van der Waals surface area contributed by atoms with Gasteiger partial charge in [0.1, 0.15) is 5.82 Å². The van der Waals surface area contributed by atoms with E-state index < -0.39 is 84.6 Å². The summed E-state index contributed by atoms with van der Waals surface area (Å²) in [7, 11) is 0. The SMILES string of the molecule is CC(C)OC(=O)OC(C)OC(=O)c1nc(C(F)(F)F)n2c1CN(C(=O)C[C@H](N)Cc1cc(F)c(F)cc1F)CC2.Cl. The lowest BCUT2D eigenvalue weighted by Crippen LogP contribution is -2.42. The molecule has 0 radical (unpaired) electrons. The zero-order valence-electron chi connectivity index (χ0n) is 22.0. The van der Waals surface area contributed by atoms with E-state index in [1.54, 1.807) is 0 Å². The maximum atomic E-state index is 13.9. The fourth-order valence-corrected chi connectivity index (χ4v) is 3.98. The Kier molecular flexibility index (Phi) is 11.0. The van der Waals surface area contributed by atoms with E-state index in [9.17, 15) is 40.7 Å². The molecule has 2 atom stereocenters. The van der Waals surface area contributed by atoms with Crippen molar-refractivity contribution in [3.8, 4) is 0 Å². The van der Waals surface area contributed by atoms with E-state index >= 15 is 0 Å². The Morgan fingerprint density at radius 1 is 1.00 bits per heavy atom. The molecule has 17 heteroatoms. The average Bonchev–Trinajstić information content (AvgIpc) is 3.21. The fourth-order valence-electron chi connectivity index (χ4n) is 3.98. The van der Waals surface area contributed by atoms with Gasteiger partial charge < -0.3 is 29.4 Å². The van der Waals surface area contributed by atoms with Gasteiger partial charge in [0.05, 0.1) is 18.3 Å². The Morgan fingerprint density at radius 3 is 2.24 bits per heavy atom. The predicted octanol–water partition coefficient (Wildman–Crippen LogP) is 4.11. The van der Waals surface area contributed by atoms with E-state index in [-0.39, 0.29) is 43.2 Å². The molecule has 0 saturated carbocycles. The zero-order valence-corrected chi connectivity index (χ0v) is 22.8. The van der Waals surface area contributed by atoms with Crippen LogP contribution in [0.1, 0.15) is 54.8 Å². The van der Waals surface area contributed by atoms with Crippen LogP contribution in [-0.4, -0.2) is 57.5 Å². The third-order valence-corrected chi connectivity index (χ3v) is 5.68. The zero-order chi connectivity index (χ0) is 29.9. The molecular formula is C24H27ClF6N4O6. The number of amides is 1. The van der Waals surface area contributed by atoms with Crippen molar-refractivity contribution in [3.63, 3.8) is 0 Å². The van der Waals surface area contributed by atoms with Gasteiger partial charge in [0, 0.05) is 38.5 Å². The Hall–Kier alpha value is -3.53. The number of ether oxygens (including phenoxy) is 3. The van der Waals surface area contributed by atoms with Crippen molar-refractivity contribution in [1.29, 1.82) is 0 Å². The molecule has 228 valence electrons. The Bertz CT molecular complexity index is 1290. The van der Waals surface area contributed by atoms with E-state index in [0.717, 1.165) is 16.4 Å². The van der Waals surface area contributed by atoms with Crippen LogP contribution in [0.2, 0.25) is 0 Å². The molecule has 2 N–H and O–H groups in total. The molecule has 1 aliphatic rings. The number of aromatic nitrogens is 2. The molecule has 41 heavy (non-hydrogen) atoms. The smallest absolute Gasteiger partial charge is 0.431 e. The van der Waals surface area contributed by atoms with Gasteiger partial charge in [-0.2, -0.15) is 13.2 Å². The topological polar surface area (TPSA) is 126 Å². The lowest BCUT2D eigenvalue weighted by molar-refractivity contribution is -0.148. The molecule has 1 aromatic heterocycles. The number of imidazole rings is 1. The van der Waals surface area contributed by atoms with Crippen molar-refractivity contribution < 1.29 is 54.9 Å². The summed E-state index contributed by atoms with van der Waals surface area (Å²) in [6, 6.07) is -0.0706. The van der Waals surface area contributed by atoms with Gasteiger partial charge in [0.15, 0.2) is 17.3 Å². The second kappa shape index (κ2) is 13.4. The van der Waals surface area contributed by atoms with Gasteiger partial charge in [0.25, 0.3) is 0 Å². The Morgan fingerprint density at radius 2 is 1.63 bits per heavy atom. The third-order valence-electron chi connectivity index (χ3n) is 5.68. The van der Waals surface area contributed by atoms with Gasteiger partial charge in [-0.05, 0) is 31.9 Å². The minimum absolute atomic E-state index is 0. The molecule has 3 rings (SSSR count). The first-order valence-electron chi connectivity index (χ1n) is 12.0. The molecule has 0 fully saturated rings. The molecule has 2 heterocycles. The highest BCUT2D eigenvalue weighted by Crippen LogP contribution is 2.33. The monoisotopic (exact) mass is 616 g/mol. The lowest BCUT2D eigenvalue weighted by Gasteiger charge is -2.30. The Labute approximate surface area is 236 Å². The van der Waals surface area contributed by atoms with Crippen molar-refractivity contribution in [2.24, 2.45) is 5.73 Å². The highest BCUT2D eigenvalue weighted by atomic mass is 35.5.